The summed E-state index contributed by atoms with van der Waals surface area (Å²) in [5, 5.41) is 0. The summed E-state index contributed by atoms with van der Waals surface area (Å²) < 4.78 is 7.46. The molecule has 1 aliphatic rings. The number of rotatable bonds is 5. The van der Waals surface area contributed by atoms with E-state index in [1.54, 1.807) is 0 Å². The molecule has 0 aliphatic carbocycles. The Morgan fingerprint density at radius 1 is 1.47 bits per heavy atom. The first-order valence-electron chi connectivity index (χ1n) is 6.81. The van der Waals surface area contributed by atoms with E-state index in [2.05, 4.69) is 29.2 Å². The molecule has 0 amide bonds. The predicted octanol–water partition coefficient (Wildman–Crippen LogP) is -0.0947. The smallest absolute Gasteiger partial charge is 0.110 e. The fourth-order valence-electron chi connectivity index (χ4n) is 2.65. The molecule has 0 bridgehead atoms. The Balaban J connectivity index is 2.08. The van der Waals surface area contributed by atoms with Crippen molar-refractivity contribution in [3.63, 3.8) is 0 Å². The highest BCUT2D eigenvalue weighted by molar-refractivity contribution is 5.02. The van der Waals surface area contributed by atoms with Crippen molar-refractivity contribution in [2.24, 2.45) is 12.9 Å². The van der Waals surface area contributed by atoms with Crippen molar-refractivity contribution in [2.45, 2.75) is 31.8 Å². The van der Waals surface area contributed by atoms with Crippen LogP contribution in [0.3, 0.4) is 0 Å². The second-order valence-corrected chi connectivity index (χ2v) is 5.63. The number of ether oxygens (including phenoxy) is 1. The summed E-state index contributed by atoms with van der Waals surface area (Å²) in [5.74, 6) is 6.83. The van der Waals surface area contributed by atoms with Gasteiger partial charge in [-0.2, -0.15) is 0 Å². The van der Waals surface area contributed by atoms with Crippen LogP contribution in [0, 0.1) is 0 Å². The molecular weight excluding hydrogens is 242 g/mol. The third-order valence-corrected chi connectivity index (χ3v) is 4.19. The van der Waals surface area contributed by atoms with E-state index < -0.39 is 0 Å². The number of hydrogen-bond donors (Lipinski definition) is 2. The van der Waals surface area contributed by atoms with Gasteiger partial charge in [0, 0.05) is 50.5 Å². The van der Waals surface area contributed by atoms with Crippen LogP contribution in [-0.2, 0) is 18.2 Å². The van der Waals surface area contributed by atoms with Crippen LogP contribution in [0.1, 0.15) is 19.7 Å². The van der Waals surface area contributed by atoms with E-state index in [1.807, 2.05) is 24.0 Å². The molecule has 1 fully saturated rings. The van der Waals surface area contributed by atoms with Gasteiger partial charge in [-0.05, 0) is 13.8 Å². The number of aromatic nitrogens is 2. The van der Waals surface area contributed by atoms with Gasteiger partial charge in [0.2, 0.25) is 0 Å². The molecule has 1 aromatic heterocycles. The average molecular weight is 267 g/mol. The molecule has 2 heterocycles. The number of hydrogen-bond acceptors (Lipinski definition) is 5. The van der Waals surface area contributed by atoms with Gasteiger partial charge < -0.3 is 9.30 Å². The second kappa shape index (κ2) is 6.00. The standard InChI is InChI=1S/C13H25N5O/c1-13(2,18-6-8-19-9-7-18)11(16-14)10-12-15-4-5-17(12)3/h4-5,11,16H,6-10,14H2,1-3H3. The van der Waals surface area contributed by atoms with E-state index >= 15 is 0 Å². The molecule has 1 aliphatic heterocycles. The van der Waals surface area contributed by atoms with Crippen LogP contribution in [0.5, 0.6) is 0 Å². The maximum absolute atomic E-state index is 5.79. The minimum atomic E-state index is -0.0372. The zero-order valence-corrected chi connectivity index (χ0v) is 12.1. The van der Waals surface area contributed by atoms with Crippen molar-refractivity contribution in [3.8, 4) is 0 Å². The van der Waals surface area contributed by atoms with Crippen LogP contribution in [0.25, 0.3) is 0 Å². The first-order valence-corrected chi connectivity index (χ1v) is 6.81. The van der Waals surface area contributed by atoms with E-state index in [-0.39, 0.29) is 11.6 Å². The molecule has 1 atom stereocenters. The van der Waals surface area contributed by atoms with Gasteiger partial charge >= 0.3 is 0 Å². The van der Waals surface area contributed by atoms with Gasteiger partial charge in [0.1, 0.15) is 5.82 Å². The zero-order chi connectivity index (χ0) is 13.9. The van der Waals surface area contributed by atoms with E-state index in [1.165, 1.54) is 0 Å². The van der Waals surface area contributed by atoms with Gasteiger partial charge in [-0.3, -0.25) is 16.2 Å². The van der Waals surface area contributed by atoms with E-state index in [0.717, 1.165) is 38.5 Å². The molecule has 6 heteroatoms. The zero-order valence-electron chi connectivity index (χ0n) is 12.1. The number of nitrogens with zero attached hydrogens (tertiary/aromatic N) is 3. The Labute approximate surface area is 114 Å². The van der Waals surface area contributed by atoms with Crippen LogP contribution < -0.4 is 11.3 Å². The van der Waals surface area contributed by atoms with Gasteiger partial charge in [0.25, 0.3) is 0 Å². The van der Waals surface area contributed by atoms with E-state index in [0.29, 0.717) is 0 Å². The maximum atomic E-state index is 5.79. The molecule has 1 saturated heterocycles. The molecule has 0 radical (unpaired) electrons. The van der Waals surface area contributed by atoms with Crippen molar-refractivity contribution < 1.29 is 4.74 Å². The summed E-state index contributed by atoms with van der Waals surface area (Å²) in [7, 11) is 2.01. The molecule has 108 valence electrons. The topological polar surface area (TPSA) is 68.3 Å². The molecule has 1 aromatic rings. The van der Waals surface area contributed by atoms with Crippen molar-refractivity contribution >= 4 is 0 Å². The van der Waals surface area contributed by atoms with Crippen LogP contribution in [0.4, 0.5) is 0 Å². The predicted molar refractivity (Wildman–Crippen MR) is 74.5 cm³/mol. The van der Waals surface area contributed by atoms with Gasteiger partial charge in [0.15, 0.2) is 0 Å². The average Bonchev–Trinajstić information content (AvgIpc) is 2.82. The van der Waals surface area contributed by atoms with Gasteiger partial charge in [-0.25, -0.2) is 4.98 Å². The molecule has 2 rings (SSSR count). The highest BCUT2D eigenvalue weighted by Crippen LogP contribution is 2.22. The summed E-state index contributed by atoms with van der Waals surface area (Å²) in [4.78, 5) is 6.82. The Morgan fingerprint density at radius 3 is 2.68 bits per heavy atom. The van der Waals surface area contributed by atoms with Gasteiger partial charge in [0.05, 0.1) is 13.2 Å². The summed E-state index contributed by atoms with van der Waals surface area (Å²) >= 11 is 0. The fourth-order valence-corrected chi connectivity index (χ4v) is 2.65. The summed E-state index contributed by atoms with van der Waals surface area (Å²) in [6.45, 7) is 7.95. The lowest BCUT2D eigenvalue weighted by Gasteiger charge is -2.45. The summed E-state index contributed by atoms with van der Waals surface area (Å²) in [5.41, 5.74) is 2.93. The number of imidazole rings is 1. The van der Waals surface area contributed by atoms with Crippen molar-refractivity contribution in [2.75, 3.05) is 26.3 Å². The molecule has 1 unspecified atom stereocenters. The largest absolute Gasteiger partial charge is 0.379 e. The number of nitrogens with one attached hydrogen (secondary N) is 1. The molecule has 19 heavy (non-hydrogen) atoms. The maximum Gasteiger partial charge on any atom is 0.110 e. The van der Waals surface area contributed by atoms with Gasteiger partial charge in [-0.15, -0.1) is 0 Å². The minimum absolute atomic E-state index is 0.0372. The first-order chi connectivity index (χ1) is 9.05. The second-order valence-electron chi connectivity index (χ2n) is 5.63. The molecule has 6 nitrogen and oxygen atoms in total. The fraction of sp³-hybridized carbons (Fsp3) is 0.769. The highest BCUT2D eigenvalue weighted by Gasteiger charge is 2.36. The molecule has 0 saturated carbocycles. The monoisotopic (exact) mass is 267 g/mol. The van der Waals surface area contributed by atoms with Crippen molar-refractivity contribution in [1.82, 2.24) is 19.9 Å². The van der Waals surface area contributed by atoms with Crippen LogP contribution >= 0.6 is 0 Å². The quantitative estimate of drug-likeness (QED) is 0.576. The van der Waals surface area contributed by atoms with Gasteiger partial charge in [-0.1, -0.05) is 0 Å². The summed E-state index contributed by atoms with van der Waals surface area (Å²) in [6, 6.07) is 0.145. The minimum Gasteiger partial charge on any atom is -0.379 e. The number of morpholine rings is 1. The van der Waals surface area contributed by atoms with Crippen LogP contribution in [0.15, 0.2) is 12.4 Å². The Morgan fingerprint density at radius 2 is 2.16 bits per heavy atom. The van der Waals surface area contributed by atoms with Crippen LogP contribution in [0.2, 0.25) is 0 Å². The SMILES string of the molecule is Cn1ccnc1CC(NN)C(C)(C)N1CCOCC1. The third-order valence-electron chi connectivity index (χ3n) is 4.19. The third kappa shape index (κ3) is 3.14. The number of aryl methyl sites for hydroxylation is 1. The Bertz CT molecular complexity index is 397. The first kappa shape index (κ1) is 14.5. The lowest BCUT2D eigenvalue weighted by atomic mass is 9.89. The molecular formula is C13H25N5O. The molecule has 0 aromatic carbocycles. The lowest BCUT2D eigenvalue weighted by molar-refractivity contribution is -0.0235. The molecule has 3 N–H and O–H groups in total. The van der Waals surface area contributed by atoms with Crippen molar-refractivity contribution in [3.05, 3.63) is 18.2 Å². The summed E-state index contributed by atoms with van der Waals surface area (Å²) in [6.07, 6.45) is 4.60. The number of nitrogens with two attached hydrogens (primary N) is 1. The van der Waals surface area contributed by atoms with Crippen molar-refractivity contribution in [1.29, 1.82) is 0 Å². The highest BCUT2D eigenvalue weighted by atomic mass is 16.5. The Kier molecular flexibility index (Phi) is 4.57. The Hall–Kier alpha value is -0.950. The normalized spacial score (nSPS) is 19.6. The molecule has 0 spiro atoms. The number of hydrazine groups is 1. The van der Waals surface area contributed by atoms with E-state index in [4.69, 9.17) is 10.6 Å². The lowest BCUT2D eigenvalue weighted by Crippen LogP contribution is -2.62. The van der Waals surface area contributed by atoms with Crippen LogP contribution in [-0.4, -0.2) is 52.3 Å². The van der Waals surface area contributed by atoms with E-state index in [9.17, 15) is 0 Å².